The lowest BCUT2D eigenvalue weighted by atomic mass is 9.87. The third kappa shape index (κ3) is 3.28. The molecule has 17 heavy (non-hydrogen) atoms. The molecule has 1 aliphatic rings. The topological polar surface area (TPSA) is 42.7 Å². The molecular formula is C13H24N4. The van der Waals surface area contributed by atoms with Gasteiger partial charge < -0.3 is 5.32 Å². The summed E-state index contributed by atoms with van der Waals surface area (Å²) in [5.41, 5.74) is 0. The summed E-state index contributed by atoms with van der Waals surface area (Å²) in [5, 5.41) is 7.89. The van der Waals surface area contributed by atoms with Gasteiger partial charge in [0.25, 0.3) is 0 Å². The van der Waals surface area contributed by atoms with E-state index in [1.165, 1.54) is 25.7 Å². The number of hydrogen-bond donors (Lipinski definition) is 1. The molecule has 1 aliphatic carbocycles. The molecule has 4 heteroatoms. The summed E-state index contributed by atoms with van der Waals surface area (Å²) in [6, 6.07) is 1.05. The first-order valence-corrected chi connectivity index (χ1v) is 6.78. The molecule has 1 aromatic rings. The Labute approximate surface area is 104 Å². The van der Waals surface area contributed by atoms with Gasteiger partial charge in [0.05, 0.1) is 6.54 Å². The van der Waals surface area contributed by atoms with Gasteiger partial charge in [-0.15, -0.1) is 0 Å². The average molecular weight is 236 g/mol. The van der Waals surface area contributed by atoms with E-state index in [-0.39, 0.29) is 0 Å². The molecule has 0 bridgehead atoms. The highest BCUT2D eigenvalue weighted by atomic mass is 15.4. The summed E-state index contributed by atoms with van der Waals surface area (Å²) in [6.45, 7) is 7.47. The van der Waals surface area contributed by atoms with Crippen molar-refractivity contribution in [1.82, 2.24) is 20.1 Å². The van der Waals surface area contributed by atoms with Crippen LogP contribution in [0.3, 0.4) is 0 Å². The Kier molecular flexibility index (Phi) is 4.15. The zero-order chi connectivity index (χ0) is 12.3. The van der Waals surface area contributed by atoms with Gasteiger partial charge in [-0.1, -0.05) is 19.8 Å². The summed E-state index contributed by atoms with van der Waals surface area (Å²) in [6.07, 6.45) is 7.01. The second-order valence-electron chi connectivity index (χ2n) is 5.56. The summed E-state index contributed by atoms with van der Waals surface area (Å²) < 4.78 is 2.00. The van der Waals surface area contributed by atoms with Gasteiger partial charge in [-0.3, -0.25) is 0 Å². The van der Waals surface area contributed by atoms with E-state index in [1.807, 2.05) is 4.68 Å². The van der Waals surface area contributed by atoms with Crippen LogP contribution >= 0.6 is 0 Å². The first-order valence-electron chi connectivity index (χ1n) is 6.78. The first kappa shape index (κ1) is 12.6. The van der Waals surface area contributed by atoms with Crippen LogP contribution in [0.2, 0.25) is 0 Å². The highest BCUT2D eigenvalue weighted by molar-refractivity contribution is 4.87. The van der Waals surface area contributed by atoms with Crippen LogP contribution in [0.25, 0.3) is 0 Å². The van der Waals surface area contributed by atoms with Crippen molar-refractivity contribution in [3.8, 4) is 0 Å². The van der Waals surface area contributed by atoms with Crippen molar-refractivity contribution in [2.75, 3.05) is 0 Å². The van der Waals surface area contributed by atoms with E-state index in [0.29, 0.717) is 12.1 Å². The van der Waals surface area contributed by atoms with Gasteiger partial charge in [-0.25, -0.2) is 9.67 Å². The Morgan fingerprint density at radius 2 is 2.29 bits per heavy atom. The molecule has 2 unspecified atom stereocenters. The second kappa shape index (κ2) is 5.63. The van der Waals surface area contributed by atoms with Gasteiger partial charge in [0, 0.05) is 12.1 Å². The normalized spacial score (nSPS) is 25.4. The maximum atomic E-state index is 4.33. The molecule has 1 aromatic heterocycles. The fraction of sp³-hybridized carbons (Fsp3) is 0.846. The minimum atomic E-state index is 0.388. The molecule has 0 radical (unpaired) electrons. The fourth-order valence-corrected chi connectivity index (χ4v) is 2.69. The lowest BCUT2D eigenvalue weighted by molar-refractivity contribution is 0.296. The van der Waals surface area contributed by atoms with E-state index in [2.05, 4.69) is 36.2 Å². The summed E-state index contributed by atoms with van der Waals surface area (Å²) in [7, 11) is 0. The van der Waals surface area contributed by atoms with Crippen molar-refractivity contribution in [2.45, 2.75) is 65.1 Å². The lowest BCUT2D eigenvalue weighted by Gasteiger charge is -2.27. The molecule has 1 fully saturated rings. The van der Waals surface area contributed by atoms with Crippen molar-refractivity contribution in [3.63, 3.8) is 0 Å². The number of nitrogens with zero attached hydrogens (tertiary/aromatic N) is 3. The van der Waals surface area contributed by atoms with Gasteiger partial charge in [0.2, 0.25) is 0 Å². The minimum Gasteiger partial charge on any atom is -0.307 e. The Morgan fingerprint density at radius 3 is 3.00 bits per heavy atom. The molecular weight excluding hydrogens is 212 g/mol. The van der Waals surface area contributed by atoms with Crippen molar-refractivity contribution in [2.24, 2.45) is 5.92 Å². The maximum absolute atomic E-state index is 4.33. The van der Waals surface area contributed by atoms with Gasteiger partial charge in [-0.05, 0) is 32.6 Å². The maximum Gasteiger partial charge on any atom is 0.141 e. The van der Waals surface area contributed by atoms with Crippen LogP contribution in [0.5, 0.6) is 0 Å². The summed E-state index contributed by atoms with van der Waals surface area (Å²) >= 11 is 0. The van der Waals surface area contributed by atoms with Crippen LogP contribution in [-0.4, -0.2) is 20.8 Å². The predicted octanol–water partition coefficient (Wildman–Crippen LogP) is 2.53. The van der Waals surface area contributed by atoms with Crippen molar-refractivity contribution >= 4 is 0 Å². The second-order valence-corrected chi connectivity index (χ2v) is 5.56. The van der Waals surface area contributed by atoms with Crippen molar-refractivity contribution < 1.29 is 0 Å². The van der Waals surface area contributed by atoms with E-state index < -0.39 is 0 Å². The molecule has 0 aliphatic heterocycles. The Bertz CT molecular complexity index is 345. The van der Waals surface area contributed by atoms with Crippen LogP contribution in [0, 0.1) is 5.92 Å². The van der Waals surface area contributed by atoms with Crippen LogP contribution < -0.4 is 5.32 Å². The molecule has 0 amide bonds. The molecule has 2 rings (SSSR count). The van der Waals surface area contributed by atoms with Crippen LogP contribution in [0.4, 0.5) is 0 Å². The molecule has 1 saturated carbocycles. The number of aromatic nitrogens is 3. The van der Waals surface area contributed by atoms with E-state index in [1.54, 1.807) is 6.33 Å². The van der Waals surface area contributed by atoms with Crippen LogP contribution in [0.15, 0.2) is 6.33 Å². The zero-order valence-corrected chi connectivity index (χ0v) is 11.2. The van der Waals surface area contributed by atoms with E-state index >= 15 is 0 Å². The summed E-state index contributed by atoms with van der Waals surface area (Å²) in [5.74, 6) is 1.92. The molecule has 0 aromatic carbocycles. The molecule has 4 nitrogen and oxygen atoms in total. The highest BCUT2D eigenvalue weighted by Crippen LogP contribution is 2.23. The molecule has 96 valence electrons. The van der Waals surface area contributed by atoms with Crippen molar-refractivity contribution in [1.29, 1.82) is 0 Å². The molecule has 0 spiro atoms. The summed E-state index contributed by atoms with van der Waals surface area (Å²) in [4.78, 5) is 4.33. The molecule has 2 atom stereocenters. The smallest absolute Gasteiger partial charge is 0.141 e. The van der Waals surface area contributed by atoms with Crippen molar-refractivity contribution in [3.05, 3.63) is 12.2 Å². The third-order valence-corrected chi connectivity index (χ3v) is 3.62. The number of hydrogen-bond acceptors (Lipinski definition) is 3. The molecule has 1 heterocycles. The minimum absolute atomic E-state index is 0.388. The van der Waals surface area contributed by atoms with E-state index in [4.69, 9.17) is 0 Å². The number of nitrogens with one attached hydrogen (secondary N) is 1. The molecule has 1 N–H and O–H groups in total. The van der Waals surface area contributed by atoms with E-state index in [0.717, 1.165) is 18.3 Å². The van der Waals surface area contributed by atoms with Gasteiger partial charge in [0.1, 0.15) is 12.2 Å². The van der Waals surface area contributed by atoms with Gasteiger partial charge in [0.15, 0.2) is 0 Å². The fourth-order valence-electron chi connectivity index (χ4n) is 2.69. The third-order valence-electron chi connectivity index (χ3n) is 3.62. The zero-order valence-electron chi connectivity index (χ0n) is 11.2. The monoisotopic (exact) mass is 236 g/mol. The van der Waals surface area contributed by atoms with Crippen LogP contribution in [0.1, 0.15) is 58.3 Å². The highest BCUT2D eigenvalue weighted by Gasteiger charge is 2.19. The first-order chi connectivity index (χ1) is 8.16. The largest absolute Gasteiger partial charge is 0.307 e. The SMILES string of the molecule is CC1CCCC(NCc2ncnn2C(C)C)C1. The quantitative estimate of drug-likeness (QED) is 0.873. The van der Waals surface area contributed by atoms with Crippen LogP contribution in [-0.2, 0) is 6.54 Å². The lowest BCUT2D eigenvalue weighted by Crippen LogP contribution is -2.34. The Morgan fingerprint density at radius 1 is 1.47 bits per heavy atom. The van der Waals surface area contributed by atoms with Gasteiger partial charge >= 0.3 is 0 Å². The Hall–Kier alpha value is -0.900. The molecule has 0 saturated heterocycles. The van der Waals surface area contributed by atoms with E-state index in [9.17, 15) is 0 Å². The number of rotatable bonds is 4. The Balaban J connectivity index is 1.86. The van der Waals surface area contributed by atoms with Gasteiger partial charge in [-0.2, -0.15) is 5.10 Å². The average Bonchev–Trinajstić information content (AvgIpc) is 2.74. The predicted molar refractivity (Wildman–Crippen MR) is 68.7 cm³/mol. The standard InChI is InChI=1S/C13H24N4/c1-10(2)17-13(15-9-16-17)8-14-12-6-4-5-11(3)7-12/h9-12,14H,4-8H2,1-3H3.